The predicted octanol–water partition coefficient (Wildman–Crippen LogP) is 18.2. The van der Waals surface area contributed by atoms with Gasteiger partial charge < -0.3 is 9.47 Å². The number of hydrogen-bond donors (Lipinski definition) is 0. The van der Waals surface area contributed by atoms with Crippen LogP contribution in [-0.2, 0) is 135 Å². The molecule has 0 radical (unpaired) electrons. The topological polar surface area (TPSA) is 232 Å². The minimum absolute atomic E-state index is 0.0919. The van der Waals surface area contributed by atoms with E-state index in [0.717, 1.165) is 0 Å². The van der Waals surface area contributed by atoms with Crippen LogP contribution in [0.25, 0.3) is 0 Å². The van der Waals surface area contributed by atoms with Crippen molar-refractivity contribution in [2.45, 2.75) is 89.5 Å². The highest BCUT2D eigenvalue weighted by Crippen LogP contribution is 2.63. The average molecular weight is 1430 g/mol. The smallest absolute Gasteiger partial charge is 0.452 e. The fourth-order valence-corrected chi connectivity index (χ4v) is 15.6. The van der Waals surface area contributed by atoms with Crippen LogP contribution in [0, 0.1) is 0 Å². The molecular weight excluding hydrogens is 1360 g/mol. The molecule has 1 aliphatic carbocycles. The van der Waals surface area contributed by atoms with Crippen LogP contribution < -0.4 is 0 Å². The molecule has 0 unspecified atom stereocenters. The highest BCUT2D eigenvalue weighted by atomic mass is 31.2. The van der Waals surface area contributed by atoms with E-state index in [1.807, 2.05) is 0 Å². The summed E-state index contributed by atoms with van der Waals surface area (Å²) in [7, 11) is -21.6. The van der Waals surface area contributed by atoms with Crippen LogP contribution >= 0.6 is 31.3 Å². The highest BCUT2D eigenvalue weighted by molar-refractivity contribution is 7.49. The Morgan fingerprint density at radius 3 is 0.510 bits per heavy atom. The van der Waals surface area contributed by atoms with E-state index in [0.29, 0.717) is 44.5 Å². The van der Waals surface area contributed by atoms with E-state index in [-0.39, 0.29) is 11.1 Å². The van der Waals surface area contributed by atoms with Crippen LogP contribution in [0.5, 0.6) is 0 Å². The largest absolute Gasteiger partial charge is 0.475 e. The first-order valence-corrected chi connectivity index (χ1v) is 37.7. The Labute approximate surface area is 580 Å². The van der Waals surface area contributed by atoms with Crippen LogP contribution in [0.3, 0.4) is 0 Å². The first-order valence-electron chi connectivity index (χ1n) is 31.9. The Morgan fingerprint density at radius 2 is 0.350 bits per heavy atom. The monoisotopic (exact) mass is 1430 g/mol. The SMILES string of the molecule is O=C(O[C@H]1[C@H](OC(=O)c2ccccc2)[C@@H](OP(=O)(OCc2ccccc2)OCc2ccccc2)[C@@H](OP(=O)(OCc2ccccc2)OCc2ccccc2)[C@@H](OP(=O)(OCc2ccccc2)OCc2ccccc2)[C@@H]1OP(=O)(OCc1ccccc1)OCc1ccccc1)c1ccccc1. The molecule has 0 spiro atoms. The summed E-state index contributed by atoms with van der Waals surface area (Å²) in [5.41, 5.74) is 3.60. The molecule has 24 heteroatoms. The number of phosphoric acid groups is 4. The third kappa shape index (κ3) is 21.8. The number of hydrogen-bond acceptors (Lipinski definition) is 20. The lowest BCUT2D eigenvalue weighted by Gasteiger charge is -2.49. The van der Waals surface area contributed by atoms with E-state index in [1.54, 1.807) is 279 Å². The second-order valence-corrected chi connectivity index (χ2v) is 29.1. The summed E-state index contributed by atoms with van der Waals surface area (Å²) in [5.74, 6) is -2.28. The van der Waals surface area contributed by atoms with E-state index in [9.17, 15) is 0 Å². The van der Waals surface area contributed by atoms with Gasteiger partial charge in [-0.05, 0) is 68.8 Å². The third-order valence-electron chi connectivity index (χ3n) is 15.3. The van der Waals surface area contributed by atoms with Gasteiger partial charge in [-0.1, -0.05) is 279 Å². The van der Waals surface area contributed by atoms with Crippen LogP contribution in [-0.4, -0.2) is 48.6 Å². The number of carbonyl (C=O) groups is 2. The van der Waals surface area contributed by atoms with Gasteiger partial charge >= 0.3 is 43.2 Å². The van der Waals surface area contributed by atoms with Crippen LogP contribution in [0.4, 0.5) is 0 Å². The Morgan fingerprint density at radius 1 is 0.210 bits per heavy atom. The number of carbonyl (C=O) groups excluding carboxylic acids is 2. The summed E-state index contributed by atoms with van der Waals surface area (Å²) >= 11 is 0. The van der Waals surface area contributed by atoms with Gasteiger partial charge in [-0.3, -0.25) is 54.3 Å². The zero-order valence-electron chi connectivity index (χ0n) is 53.9. The number of rotatable bonds is 36. The summed E-state index contributed by atoms with van der Waals surface area (Å²) in [6.07, 6.45) is -14.4. The standard InChI is InChI=1S/C76H72O20P4/c77-75(67-47-27-9-28-48-67)91-69-70(92-76(78)68-49-29-10-30-50-68)72(94-98(80,85-53-61-35-15-3-16-36-61)86-54-62-37-17-4-18-38-62)74(96-100(82,89-57-65-43-23-7-24-44-65)90-58-66-45-25-8-26-46-66)73(95-99(81,87-55-63-39-19-5-20-40-63)88-56-64-41-21-6-22-42-64)71(69)93-97(79,83-51-59-31-11-1-12-32-59)84-52-60-33-13-2-14-34-60/h1-50,69-74H,51-58H2/t69-,70-,71+,72+,73-,74+/m0/s1. The molecule has 0 N–H and O–H groups in total. The van der Waals surface area contributed by atoms with Gasteiger partial charge in [0.15, 0.2) is 12.2 Å². The summed E-state index contributed by atoms with van der Waals surface area (Å²) in [6, 6.07) is 83.8. The molecule has 0 aliphatic heterocycles. The summed E-state index contributed by atoms with van der Waals surface area (Å²) in [5, 5.41) is 0. The van der Waals surface area contributed by atoms with E-state index in [4.69, 9.17) is 63.8 Å². The van der Waals surface area contributed by atoms with Gasteiger partial charge in [-0.2, -0.15) is 0 Å². The van der Waals surface area contributed by atoms with Crippen molar-refractivity contribution in [1.82, 2.24) is 0 Å². The molecule has 0 bridgehead atoms. The van der Waals surface area contributed by atoms with Gasteiger partial charge in [0.1, 0.15) is 24.4 Å². The zero-order chi connectivity index (χ0) is 69.3. The van der Waals surface area contributed by atoms with Crippen molar-refractivity contribution in [3.05, 3.63) is 359 Å². The van der Waals surface area contributed by atoms with Gasteiger partial charge in [0.25, 0.3) is 0 Å². The Kier molecular flexibility index (Phi) is 26.4. The Bertz CT molecular complexity index is 3850. The minimum atomic E-state index is -5.41. The second kappa shape index (κ2) is 36.3. The van der Waals surface area contributed by atoms with E-state index >= 15 is 27.8 Å². The molecule has 11 rings (SSSR count). The molecule has 1 fully saturated rings. The van der Waals surface area contributed by atoms with Crippen molar-refractivity contribution in [1.29, 1.82) is 0 Å². The first kappa shape index (κ1) is 72.8. The van der Waals surface area contributed by atoms with Crippen molar-refractivity contribution in [2.24, 2.45) is 0 Å². The fourth-order valence-electron chi connectivity index (χ4n) is 10.2. The van der Waals surface area contributed by atoms with E-state index in [1.165, 1.54) is 24.3 Å². The third-order valence-corrected chi connectivity index (χ3v) is 20.9. The summed E-state index contributed by atoms with van der Waals surface area (Å²) < 4.78 is 158. The minimum Gasteiger partial charge on any atom is -0.452 e. The fraction of sp³-hybridized carbons (Fsp3) is 0.184. The number of ether oxygens (including phenoxy) is 2. The van der Waals surface area contributed by atoms with E-state index < -0.39 is 133 Å². The molecule has 20 nitrogen and oxygen atoms in total. The molecule has 10 aromatic carbocycles. The zero-order valence-corrected chi connectivity index (χ0v) is 57.5. The molecular formula is C76H72O20P4. The normalized spacial score (nSPS) is 17.2. The van der Waals surface area contributed by atoms with Gasteiger partial charge in [0, 0.05) is 0 Å². The van der Waals surface area contributed by atoms with Crippen molar-refractivity contribution < 1.29 is 91.6 Å². The molecule has 0 heterocycles. The maximum absolute atomic E-state index is 16.6. The lowest BCUT2D eigenvalue weighted by Crippen LogP contribution is -2.67. The highest BCUT2D eigenvalue weighted by Gasteiger charge is 2.64. The number of esters is 2. The predicted molar refractivity (Wildman–Crippen MR) is 371 cm³/mol. The van der Waals surface area contributed by atoms with Crippen molar-refractivity contribution in [3.8, 4) is 0 Å². The molecule has 516 valence electrons. The lowest BCUT2D eigenvalue weighted by molar-refractivity contribution is -0.214. The van der Waals surface area contributed by atoms with Gasteiger partial charge in [0.2, 0.25) is 0 Å². The Balaban J connectivity index is 1.18. The van der Waals surface area contributed by atoms with E-state index in [2.05, 4.69) is 0 Å². The van der Waals surface area contributed by atoms with Crippen molar-refractivity contribution >= 4 is 43.2 Å². The molecule has 100 heavy (non-hydrogen) atoms. The maximum Gasteiger partial charge on any atom is 0.475 e. The summed E-state index contributed by atoms with van der Waals surface area (Å²) in [4.78, 5) is 30.7. The lowest BCUT2D eigenvalue weighted by atomic mass is 9.84. The quantitative estimate of drug-likeness (QED) is 0.0262. The van der Waals surface area contributed by atoms with Crippen LogP contribution in [0.1, 0.15) is 65.2 Å². The van der Waals surface area contributed by atoms with Crippen LogP contribution in [0.15, 0.2) is 303 Å². The van der Waals surface area contributed by atoms with Crippen LogP contribution in [0.2, 0.25) is 0 Å². The van der Waals surface area contributed by atoms with Gasteiger partial charge in [-0.15, -0.1) is 0 Å². The van der Waals surface area contributed by atoms with Gasteiger partial charge in [0.05, 0.1) is 64.0 Å². The molecule has 0 saturated heterocycles. The maximum atomic E-state index is 16.6. The number of benzene rings is 10. The molecule has 10 aromatic rings. The van der Waals surface area contributed by atoms with Crippen molar-refractivity contribution in [3.63, 3.8) is 0 Å². The Hall–Kier alpha value is -8.42. The van der Waals surface area contributed by atoms with Crippen molar-refractivity contribution in [2.75, 3.05) is 0 Å². The summed E-state index contributed by atoms with van der Waals surface area (Å²) in [6.45, 7) is -3.77. The molecule has 6 atom stereocenters. The molecule has 0 aromatic heterocycles. The molecule has 1 aliphatic rings. The molecule has 0 amide bonds. The first-order chi connectivity index (χ1) is 48.8. The second-order valence-electron chi connectivity index (χ2n) is 22.6. The molecule has 1 saturated carbocycles. The van der Waals surface area contributed by atoms with Gasteiger partial charge in [-0.25, -0.2) is 27.8 Å². The average Bonchev–Trinajstić information content (AvgIpc) is 0.738. The number of phosphoric ester groups is 4.